The number of nitro groups is 1. The lowest BCUT2D eigenvalue weighted by Crippen LogP contribution is -2.22. The lowest BCUT2D eigenvalue weighted by molar-refractivity contribution is -0.386. The Balaban J connectivity index is 1.87. The van der Waals surface area contributed by atoms with E-state index in [2.05, 4.69) is 24.7 Å². The third-order valence-corrected chi connectivity index (χ3v) is 5.31. The third-order valence-electron chi connectivity index (χ3n) is 3.61. The number of aromatic nitrogens is 2. The number of hydrogen-bond donors (Lipinski definition) is 0. The fraction of sp³-hybridized carbons (Fsp3) is 0.786. The largest absolute Gasteiger partial charge is 0.471 e. The zero-order chi connectivity index (χ0) is 16.9. The van der Waals surface area contributed by atoms with Gasteiger partial charge in [0.1, 0.15) is 12.9 Å². The Labute approximate surface area is 136 Å². The van der Waals surface area contributed by atoms with Crippen LogP contribution in [0.3, 0.4) is 0 Å². The maximum absolute atomic E-state index is 11.1. The molecule has 1 saturated heterocycles. The van der Waals surface area contributed by atoms with E-state index < -0.39 is 13.0 Å². The lowest BCUT2D eigenvalue weighted by Gasteiger charge is -2.15. The predicted octanol–water partition coefficient (Wildman–Crippen LogP) is 2.52. The maximum Gasteiger partial charge on any atom is 0.350 e. The Morgan fingerprint density at radius 3 is 2.91 bits per heavy atom. The minimum Gasteiger partial charge on any atom is -0.471 e. The number of rotatable bonds is 9. The summed E-state index contributed by atoms with van der Waals surface area (Å²) >= 11 is 0. The maximum atomic E-state index is 11.1. The molecule has 0 aliphatic carbocycles. The normalized spacial score (nSPS) is 18.3. The second-order valence-electron chi connectivity index (χ2n) is 7.00. The Morgan fingerprint density at radius 2 is 2.30 bits per heavy atom. The van der Waals surface area contributed by atoms with Crippen molar-refractivity contribution in [1.82, 2.24) is 9.78 Å². The van der Waals surface area contributed by atoms with Gasteiger partial charge in [0.2, 0.25) is 0 Å². The summed E-state index contributed by atoms with van der Waals surface area (Å²) in [6, 6.07) is 1.04. The van der Waals surface area contributed by atoms with Crippen molar-refractivity contribution < 1.29 is 19.1 Å². The summed E-state index contributed by atoms with van der Waals surface area (Å²) in [7, 11) is -1.15. The molecule has 0 spiro atoms. The van der Waals surface area contributed by atoms with E-state index in [1.54, 1.807) is 0 Å². The van der Waals surface area contributed by atoms with Crippen molar-refractivity contribution in [3.63, 3.8) is 0 Å². The van der Waals surface area contributed by atoms with E-state index >= 15 is 0 Å². The van der Waals surface area contributed by atoms with E-state index in [0.717, 1.165) is 19.1 Å². The van der Waals surface area contributed by atoms with Gasteiger partial charge in [-0.3, -0.25) is 10.1 Å². The summed E-state index contributed by atoms with van der Waals surface area (Å²) in [6.45, 7) is 9.38. The zero-order valence-corrected chi connectivity index (χ0v) is 15.0. The minimum absolute atomic E-state index is 0.0516. The van der Waals surface area contributed by atoms with Crippen LogP contribution in [0.25, 0.3) is 0 Å². The van der Waals surface area contributed by atoms with Crippen LogP contribution in [-0.2, 0) is 16.2 Å². The van der Waals surface area contributed by atoms with Gasteiger partial charge < -0.3 is 14.2 Å². The van der Waals surface area contributed by atoms with Crippen LogP contribution < -0.4 is 4.74 Å². The van der Waals surface area contributed by atoms with Gasteiger partial charge in [0, 0.05) is 27.2 Å². The van der Waals surface area contributed by atoms with E-state index in [4.69, 9.17) is 14.2 Å². The second-order valence-corrected chi connectivity index (χ2v) is 12.6. The van der Waals surface area contributed by atoms with Crippen molar-refractivity contribution in [3.8, 4) is 5.88 Å². The molecule has 1 aliphatic rings. The fourth-order valence-corrected chi connectivity index (χ4v) is 2.89. The molecule has 1 aromatic rings. The van der Waals surface area contributed by atoms with Crippen LogP contribution in [0.4, 0.5) is 5.69 Å². The Hall–Kier alpha value is -1.45. The Kier molecular flexibility index (Phi) is 6.14. The molecular weight excluding hydrogens is 318 g/mol. The number of ether oxygens (including phenoxy) is 3. The standard InChI is InChI=1S/C14H25N3O5Si/c1-23(2,3)7-6-21-11-16-8-13(17(18)19)14(15-16)22-10-12-4-5-20-9-12/h8,12H,4-7,9-11H2,1-3H3. The molecule has 2 rings (SSSR count). The van der Waals surface area contributed by atoms with E-state index in [9.17, 15) is 10.1 Å². The summed E-state index contributed by atoms with van der Waals surface area (Å²) in [5.41, 5.74) is -0.127. The molecule has 1 atom stereocenters. The van der Waals surface area contributed by atoms with Crippen molar-refractivity contribution in [3.05, 3.63) is 16.3 Å². The molecule has 1 fully saturated rings. The molecule has 0 N–H and O–H groups in total. The summed E-state index contributed by atoms with van der Waals surface area (Å²) in [6.07, 6.45) is 2.27. The quantitative estimate of drug-likeness (QED) is 0.296. The van der Waals surface area contributed by atoms with Crippen LogP contribution in [0.2, 0.25) is 25.7 Å². The van der Waals surface area contributed by atoms with Gasteiger partial charge in [-0.05, 0) is 12.5 Å². The molecule has 0 bridgehead atoms. The van der Waals surface area contributed by atoms with Gasteiger partial charge in [-0.15, -0.1) is 5.10 Å². The third kappa shape index (κ3) is 5.92. The molecule has 0 aromatic carbocycles. The molecular formula is C14H25N3O5Si. The highest BCUT2D eigenvalue weighted by Gasteiger charge is 2.24. The van der Waals surface area contributed by atoms with Crippen molar-refractivity contribution >= 4 is 13.8 Å². The van der Waals surface area contributed by atoms with Crippen molar-refractivity contribution in [2.24, 2.45) is 5.92 Å². The van der Waals surface area contributed by atoms with Crippen LogP contribution in [0.15, 0.2) is 6.20 Å². The molecule has 0 amide bonds. The first-order valence-electron chi connectivity index (χ1n) is 7.85. The Bertz CT molecular complexity index is 523. The average Bonchev–Trinajstić information content (AvgIpc) is 3.09. The highest BCUT2D eigenvalue weighted by molar-refractivity contribution is 6.76. The van der Waals surface area contributed by atoms with Gasteiger partial charge in [0.15, 0.2) is 0 Å². The lowest BCUT2D eigenvalue weighted by atomic mass is 10.1. The van der Waals surface area contributed by atoms with Gasteiger partial charge in [-0.2, -0.15) is 0 Å². The first-order valence-corrected chi connectivity index (χ1v) is 11.6. The molecule has 1 aliphatic heterocycles. The van der Waals surface area contributed by atoms with E-state index in [1.165, 1.54) is 10.9 Å². The highest BCUT2D eigenvalue weighted by Crippen LogP contribution is 2.26. The molecule has 23 heavy (non-hydrogen) atoms. The highest BCUT2D eigenvalue weighted by atomic mass is 28.3. The van der Waals surface area contributed by atoms with Crippen LogP contribution in [0, 0.1) is 16.0 Å². The zero-order valence-electron chi connectivity index (χ0n) is 14.0. The van der Waals surface area contributed by atoms with E-state index in [-0.39, 0.29) is 24.2 Å². The summed E-state index contributed by atoms with van der Waals surface area (Å²) in [5, 5.41) is 15.2. The van der Waals surface area contributed by atoms with Crippen molar-refractivity contribution in [2.75, 3.05) is 26.4 Å². The fourth-order valence-electron chi connectivity index (χ4n) is 2.14. The van der Waals surface area contributed by atoms with E-state index in [1.807, 2.05) is 0 Å². The minimum atomic E-state index is -1.15. The summed E-state index contributed by atoms with van der Waals surface area (Å²) in [5.74, 6) is 0.323. The molecule has 1 aromatic heterocycles. The van der Waals surface area contributed by atoms with Gasteiger partial charge >= 0.3 is 11.6 Å². The van der Waals surface area contributed by atoms with Crippen LogP contribution >= 0.6 is 0 Å². The van der Waals surface area contributed by atoms with Gasteiger partial charge in [-0.25, -0.2) is 4.68 Å². The van der Waals surface area contributed by atoms with Crippen LogP contribution in [-0.4, -0.2) is 49.2 Å². The summed E-state index contributed by atoms with van der Waals surface area (Å²) in [4.78, 5) is 10.6. The molecule has 1 unspecified atom stereocenters. The topological polar surface area (TPSA) is 88.7 Å². The first-order chi connectivity index (χ1) is 10.8. The second kappa shape index (κ2) is 7.89. The van der Waals surface area contributed by atoms with Crippen LogP contribution in [0.5, 0.6) is 5.88 Å². The molecule has 8 nitrogen and oxygen atoms in total. The van der Waals surface area contributed by atoms with Crippen LogP contribution in [0.1, 0.15) is 6.42 Å². The summed E-state index contributed by atoms with van der Waals surface area (Å²) < 4.78 is 17.8. The predicted molar refractivity (Wildman–Crippen MR) is 87.4 cm³/mol. The van der Waals surface area contributed by atoms with E-state index in [0.29, 0.717) is 19.8 Å². The van der Waals surface area contributed by atoms with Gasteiger partial charge in [0.25, 0.3) is 0 Å². The van der Waals surface area contributed by atoms with Gasteiger partial charge in [-0.1, -0.05) is 19.6 Å². The first kappa shape index (κ1) is 17.9. The SMILES string of the molecule is C[Si](C)(C)CCOCn1cc([N+](=O)[O-])c(OCC2CCOC2)n1. The molecule has 2 heterocycles. The molecule has 130 valence electrons. The molecule has 0 saturated carbocycles. The smallest absolute Gasteiger partial charge is 0.350 e. The molecule has 0 radical (unpaired) electrons. The number of nitrogens with zero attached hydrogens (tertiary/aromatic N) is 3. The average molecular weight is 343 g/mol. The Morgan fingerprint density at radius 1 is 1.52 bits per heavy atom. The van der Waals surface area contributed by atoms with Crippen molar-refractivity contribution in [2.45, 2.75) is 38.8 Å². The van der Waals surface area contributed by atoms with Crippen molar-refractivity contribution in [1.29, 1.82) is 0 Å². The van der Waals surface area contributed by atoms with Gasteiger partial charge in [0.05, 0.1) is 18.1 Å². The number of hydrogen-bond acceptors (Lipinski definition) is 6. The monoisotopic (exact) mass is 343 g/mol. The molecule has 9 heteroatoms.